The van der Waals surface area contributed by atoms with Gasteiger partial charge in [-0.15, -0.1) is 0 Å². The van der Waals surface area contributed by atoms with E-state index in [0.29, 0.717) is 23.6 Å². The first-order valence-corrected chi connectivity index (χ1v) is 8.96. The van der Waals surface area contributed by atoms with Crippen LogP contribution in [-0.2, 0) is 11.2 Å². The molecule has 1 N–H and O–H groups in total. The van der Waals surface area contributed by atoms with Crippen LogP contribution in [0.2, 0.25) is 0 Å². The van der Waals surface area contributed by atoms with Crippen LogP contribution in [0.15, 0.2) is 42.0 Å². The third-order valence-corrected chi connectivity index (χ3v) is 4.30. The third kappa shape index (κ3) is 4.29. The van der Waals surface area contributed by atoms with Gasteiger partial charge in [0, 0.05) is 23.2 Å². The molecule has 0 aliphatic carbocycles. The Morgan fingerprint density at radius 3 is 2.78 bits per heavy atom. The van der Waals surface area contributed by atoms with Crippen LogP contribution < -0.4 is 14.8 Å². The van der Waals surface area contributed by atoms with Gasteiger partial charge in [0.15, 0.2) is 0 Å². The summed E-state index contributed by atoms with van der Waals surface area (Å²) in [6.07, 6.45) is 2.47. The Hall–Kier alpha value is -3.26. The van der Waals surface area contributed by atoms with Gasteiger partial charge < -0.3 is 14.8 Å². The second-order valence-electron chi connectivity index (χ2n) is 6.55. The van der Waals surface area contributed by atoms with Crippen LogP contribution in [0.5, 0.6) is 11.5 Å². The van der Waals surface area contributed by atoms with E-state index in [1.54, 1.807) is 18.2 Å². The topological polar surface area (TPSA) is 71.3 Å². The van der Waals surface area contributed by atoms with Gasteiger partial charge in [0.05, 0.1) is 6.61 Å². The molecule has 0 bridgehead atoms. The molecule has 1 amide bonds. The standard InChI is InChI=1S/C22H22N2O3/c1-4-26-20-11-16-9-15(3)27-21(16)12-17(20)10-18(13-23)22(25)24-19-7-5-14(2)6-8-19/h5-8,10-12,15H,4,9H2,1-3H3,(H,24,25)/b18-10+. The number of fused-ring (bicyclic) bond motifs is 1. The van der Waals surface area contributed by atoms with Crippen molar-refractivity contribution in [3.8, 4) is 17.6 Å². The number of rotatable bonds is 5. The number of carbonyl (C=O) groups is 1. The molecule has 3 rings (SSSR count). The summed E-state index contributed by atoms with van der Waals surface area (Å²) in [7, 11) is 0. The van der Waals surface area contributed by atoms with Gasteiger partial charge in [0.25, 0.3) is 5.91 Å². The zero-order valence-corrected chi connectivity index (χ0v) is 15.7. The van der Waals surface area contributed by atoms with Gasteiger partial charge >= 0.3 is 0 Å². The van der Waals surface area contributed by atoms with Crippen molar-refractivity contribution in [2.45, 2.75) is 33.3 Å². The minimum absolute atomic E-state index is 0.00234. The molecule has 5 nitrogen and oxygen atoms in total. The van der Waals surface area contributed by atoms with Crippen LogP contribution in [0, 0.1) is 18.3 Å². The number of aryl methyl sites for hydroxylation is 1. The molecule has 0 radical (unpaired) electrons. The Morgan fingerprint density at radius 2 is 2.11 bits per heavy atom. The molecule has 1 unspecified atom stereocenters. The summed E-state index contributed by atoms with van der Waals surface area (Å²) in [5, 5.41) is 12.2. The number of amides is 1. The fourth-order valence-electron chi connectivity index (χ4n) is 2.99. The summed E-state index contributed by atoms with van der Waals surface area (Å²) in [6.45, 7) is 6.37. The number of carbonyl (C=O) groups excluding carboxylic acids is 1. The molecule has 1 aliphatic rings. The highest BCUT2D eigenvalue weighted by Gasteiger charge is 2.22. The first-order valence-electron chi connectivity index (χ1n) is 8.96. The van der Waals surface area contributed by atoms with Crippen LogP contribution in [0.25, 0.3) is 6.08 Å². The summed E-state index contributed by atoms with van der Waals surface area (Å²) in [5.74, 6) is 0.955. The molecule has 0 spiro atoms. The highest BCUT2D eigenvalue weighted by atomic mass is 16.5. The number of hydrogen-bond donors (Lipinski definition) is 1. The van der Waals surface area contributed by atoms with Gasteiger partial charge in [-0.25, -0.2) is 0 Å². The Balaban J connectivity index is 1.90. The maximum atomic E-state index is 12.5. The lowest BCUT2D eigenvalue weighted by Crippen LogP contribution is -2.13. The van der Waals surface area contributed by atoms with Crippen molar-refractivity contribution in [1.29, 1.82) is 5.26 Å². The Labute approximate surface area is 159 Å². The van der Waals surface area contributed by atoms with Gasteiger partial charge in [-0.2, -0.15) is 5.26 Å². The first-order chi connectivity index (χ1) is 13.0. The summed E-state index contributed by atoms with van der Waals surface area (Å²) in [5.41, 5.74) is 3.47. The van der Waals surface area contributed by atoms with E-state index < -0.39 is 5.91 Å². The van der Waals surface area contributed by atoms with Crippen LogP contribution in [0.1, 0.15) is 30.5 Å². The first kappa shape index (κ1) is 18.5. The van der Waals surface area contributed by atoms with E-state index >= 15 is 0 Å². The highest BCUT2D eigenvalue weighted by molar-refractivity contribution is 6.09. The molecule has 5 heteroatoms. The number of nitrogens with one attached hydrogen (secondary N) is 1. The zero-order chi connectivity index (χ0) is 19.4. The summed E-state index contributed by atoms with van der Waals surface area (Å²) >= 11 is 0. The van der Waals surface area contributed by atoms with Crippen LogP contribution >= 0.6 is 0 Å². The summed E-state index contributed by atoms with van der Waals surface area (Å²) in [4.78, 5) is 12.5. The molecule has 2 aromatic rings. The highest BCUT2D eigenvalue weighted by Crippen LogP contribution is 2.36. The SMILES string of the molecule is CCOc1cc2c(cc1/C=C(\C#N)C(=O)Nc1ccc(C)cc1)OC(C)C2. The van der Waals surface area contributed by atoms with Gasteiger partial charge in [0.1, 0.15) is 29.2 Å². The van der Waals surface area contributed by atoms with Gasteiger partial charge in [0.2, 0.25) is 0 Å². The average molecular weight is 362 g/mol. The number of benzene rings is 2. The van der Waals surface area contributed by atoms with Crippen molar-refractivity contribution in [2.75, 3.05) is 11.9 Å². The molecule has 138 valence electrons. The lowest BCUT2D eigenvalue weighted by Gasteiger charge is -2.11. The number of nitrogens with zero attached hydrogens (tertiary/aromatic N) is 1. The minimum atomic E-state index is -0.460. The molecule has 0 saturated heterocycles. The number of nitriles is 1. The Kier molecular flexibility index (Phi) is 5.46. The van der Waals surface area contributed by atoms with Crippen molar-refractivity contribution in [1.82, 2.24) is 0 Å². The van der Waals surface area contributed by atoms with Crippen molar-refractivity contribution < 1.29 is 14.3 Å². The van der Waals surface area contributed by atoms with E-state index in [1.807, 2.05) is 51.1 Å². The maximum Gasteiger partial charge on any atom is 0.266 e. The van der Waals surface area contributed by atoms with Crippen molar-refractivity contribution >= 4 is 17.7 Å². The lowest BCUT2D eigenvalue weighted by atomic mass is 10.0. The average Bonchev–Trinajstić information content (AvgIpc) is 3.00. The fourth-order valence-corrected chi connectivity index (χ4v) is 2.99. The molecule has 0 saturated carbocycles. The molecular weight excluding hydrogens is 340 g/mol. The number of ether oxygens (including phenoxy) is 2. The largest absolute Gasteiger partial charge is 0.493 e. The van der Waals surface area contributed by atoms with E-state index in [4.69, 9.17) is 9.47 Å². The molecule has 27 heavy (non-hydrogen) atoms. The molecule has 0 aromatic heterocycles. The summed E-state index contributed by atoms with van der Waals surface area (Å²) in [6, 6.07) is 13.2. The van der Waals surface area contributed by atoms with Crippen LogP contribution in [0.4, 0.5) is 5.69 Å². The lowest BCUT2D eigenvalue weighted by molar-refractivity contribution is -0.112. The van der Waals surface area contributed by atoms with E-state index in [2.05, 4.69) is 5.32 Å². The molecule has 1 heterocycles. The van der Waals surface area contributed by atoms with E-state index in [1.165, 1.54) is 0 Å². The molecule has 0 fully saturated rings. The third-order valence-electron chi connectivity index (χ3n) is 4.30. The normalized spacial score (nSPS) is 15.5. The van der Waals surface area contributed by atoms with Crippen LogP contribution in [-0.4, -0.2) is 18.6 Å². The number of anilines is 1. The predicted molar refractivity (Wildman–Crippen MR) is 105 cm³/mol. The smallest absolute Gasteiger partial charge is 0.266 e. The molecular formula is C22H22N2O3. The van der Waals surface area contributed by atoms with Crippen molar-refractivity contribution in [3.63, 3.8) is 0 Å². The Morgan fingerprint density at radius 1 is 1.37 bits per heavy atom. The molecule has 1 aliphatic heterocycles. The second-order valence-corrected chi connectivity index (χ2v) is 6.55. The number of hydrogen-bond acceptors (Lipinski definition) is 4. The van der Waals surface area contributed by atoms with Gasteiger partial charge in [-0.1, -0.05) is 17.7 Å². The predicted octanol–water partition coefficient (Wildman–Crippen LogP) is 4.26. The second kappa shape index (κ2) is 7.96. The fraction of sp³-hybridized carbons (Fsp3) is 0.273. The minimum Gasteiger partial charge on any atom is -0.493 e. The van der Waals surface area contributed by atoms with Gasteiger partial charge in [-0.05, 0) is 51.1 Å². The molecule has 1 atom stereocenters. The van der Waals surface area contributed by atoms with E-state index in [0.717, 1.165) is 23.3 Å². The van der Waals surface area contributed by atoms with E-state index in [9.17, 15) is 10.1 Å². The van der Waals surface area contributed by atoms with Crippen molar-refractivity contribution in [2.24, 2.45) is 0 Å². The Bertz CT molecular complexity index is 924. The maximum absolute atomic E-state index is 12.5. The van der Waals surface area contributed by atoms with Gasteiger partial charge in [-0.3, -0.25) is 4.79 Å². The monoisotopic (exact) mass is 362 g/mol. The molecule has 2 aromatic carbocycles. The van der Waals surface area contributed by atoms with E-state index in [-0.39, 0.29) is 11.7 Å². The summed E-state index contributed by atoms with van der Waals surface area (Å²) < 4.78 is 11.5. The van der Waals surface area contributed by atoms with Crippen molar-refractivity contribution in [3.05, 3.63) is 58.7 Å². The quantitative estimate of drug-likeness (QED) is 0.637. The van der Waals surface area contributed by atoms with Crippen LogP contribution in [0.3, 0.4) is 0 Å². The zero-order valence-electron chi connectivity index (χ0n) is 15.7.